The van der Waals surface area contributed by atoms with Crippen LogP contribution in [-0.4, -0.2) is 59.2 Å². The minimum atomic E-state index is -1.03. The van der Waals surface area contributed by atoms with Gasteiger partial charge in [0.25, 0.3) is 17.7 Å². The fourth-order valence-electron chi connectivity index (χ4n) is 6.78. The first-order valence-corrected chi connectivity index (χ1v) is 15.3. The number of ether oxygens (including phenoxy) is 1. The topological polar surface area (TPSA) is 107 Å². The molecule has 1 aliphatic carbocycles. The monoisotopic (exact) mass is 602 g/mol. The molecule has 0 spiro atoms. The molecule has 4 aliphatic rings. The fraction of sp³-hybridized carbons (Fsp3) is 0.314. The van der Waals surface area contributed by atoms with Crippen molar-refractivity contribution in [1.82, 2.24) is 10.0 Å². The molecule has 0 unspecified atom stereocenters. The van der Waals surface area contributed by atoms with Crippen LogP contribution < -0.4 is 9.64 Å². The summed E-state index contributed by atoms with van der Waals surface area (Å²) < 4.78 is 5.40. The number of carbonyl (C=O) groups is 3. The van der Waals surface area contributed by atoms with Crippen LogP contribution in [0.4, 0.5) is 5.69 Å². The minimum Gasteiger partial charge on any atom is -0.495 e. The number of methoxy groups -OCH3 is 1. The van der Waals surface area contributed by atoms with Crippen LogP contribution in [0.2, 0.25) is 0 Å². The van der Waals surface area contributed by atoms with Crippen molar-refractivity contribution in [2.45, 2.75) is 51.2 Å². The van der Waals surface area contributed by atoms with Gasteiger partial charge in [-0.2, -0.15) is 10.2 Å². The maximum Gasteiger partial charge on any atom is 0.264 e. The number of aryl methyl sites for hydroxylation is 2. The van der Waals surface area contributed by atoms with Crippen LogP contribution in [0, 0.1) is 19.8 Å². The second kappa shape index (κ2) is 11.4. The van der Waals surface area contributed by atoms with Crippen molar-refractivity contribution in [3.8, 4) is 5.75 Å². The molecule has 1 saturated carbocycles. The summed E-state index contributed by atoms with van der Waals surface area (Å²) in [6.07, 6.45) is 4.96. The molecule has 0 aromatic heterocycles. The lowest BCUT2D eigenvalue weighted by atomic mass is 9.77. The zero-order valence-electron chi connectivity index (χ0n) is 25.5. The zero-order valence-corrected chi connectivity index (χ0v) is 25.5. The van der Waals surface area contributed by atoms with E-state index in [-0.39, 0.29) is 24.4 Å². The van der Waals surface area contributed by atoms with Crippen molar-refractivity contribution in [3.05, 3.63) is 101 Å². The molecule has 3 aliphatic heterocycles. The Balaban J connectivity index is 1.19. The van der Waals surface area contributed by atoms with Gasteiger partial charge in [0.05, 0.1) is 24.6 Å². The number of hydrogen-bond acceptors (Lipinski definition) is 8. The molecular formula is C35H34N6O4. The van der Waals surface area contributed by atoms with E-state index in [0.717, 1.165) is 52.1 Å². The van der Waals surface area contributed by atoms with Crippen molar-refractivity contribution < 1.29 is 19.1 Å². The van der Waals surface area contributed by atoms with Crippen LogP contribution in [0.1, 0.15) is 47.6 Å². The second-order valence-corrected chi connectivity index (χ2v) is 12.0. The molecule has 3 heterocycles. The third kappa shape index (κ3) is 5.00. The molecule has 0 bridgehead atoms. The van der Waals surface area contributed by atoms with Gasteiger partial charge in [0, 0.05) is 5.92 Å². The minimum absolute atomic E-state index is 0.0331. The van der Waals surface area contributed by atoms with Crippen LogP contribution in [-0.2, 0) is 14.4 Å². The molecule has 3 aromatic carbocycles. The number of para-hydroxylation sites is 2. The number of hydrogen-bond donors (Lipinski definition) is 0. The van der Waals surface area contributed by atoms with Gasteiger partial charge >= 0.3 is 0 Å². The van der Waals surface area contributed by atoms with E-state index < -0.39 is 23.9 Å². The standard InChI is InChI=1S/C35H34N6O4/c1-21-11-15-23(16-12-21)19-25-7-6-8-26-30(25)37-41(32(26)24-17-13-22(2)14-18-24)29(42)20-39-33-31(36-38-39)34(43)40(35(33)44)27-9-4-5-10-28(27)45-3/h4-5,9-19,26,31-33H,6-8,20H2,1-3H3/b25-19-/t26-,31+,32-,33-/m0/s1. The van der Waals surface area contributed by atoms with Crippen LogP contribution in [0.3, 0.4) is 0 Å². The van der Waals surface area contributed by atoms with Crippen LogP contribution >= 0.6 is 0 Å². The number of carbonyl (C=O) groups excluding carboxylic acids is 3. The predicted molar refractivity (Wildman–Crippen MR) is 169 cm³/mol. The Morgan fingerprint density at radius 2 is 1.64 bits per heavy atom. The third-order valence-corrected chi connectivity index (χ3v) is 9.08. The van der Waals surface area contributed by atoms with Crippen molar-refractivity contribution in [2.24, 2.45) is 21.4 Å². The number of allylic oxidation sites excluding steroid dienone is 1. The lowest BCUT2D eigenvalue weighted by Gasteiger charge is -2.30. The number of anilines is 1. The van der Waals surface area contributed by atoms with Crippen molar-refractivity contribution in [3.63, 3.8) is 0 Å². The highest BCUT2D eigenvalue weighted by Crippen LogP contribution is 2.45. The zero-order chi connectivity index (χ0) is 31.2. The van der Waals surface area contributed by atoms with E-state index in [4.69, 9.17) is 9.84 Å². The Bertz CT molecular complexity index is 1760. The molecule has 0 N–H and O–H groups in total. The number of imide groups is 1. The van der Waals surface area contributed by atoms with E-state index >= 15 is 0 Å². The number of nitrogens with zero attached hydrogens (tertiary/aromatic N) is 6. The molecule has 228 valence electrons. The Morgan fingerprint density at radius 1 is 0.933 bits per heavy atom. The van der Waals surface area contributed by atoms with Gasteiger partial charge in [0.1, 0.15) is 12.3 Å². The van der Waals surface area contributed by atoms with Gasteiger partial charge in [-0.3, -0.25) is 19.4 Å². The second-order valence-electron chi connectivity index (χ2n) is 12.0. The first kappa shape index (κ1) is 28.6. The SMILES string of the molecule is COc1ccccc1N1C(=O)[C@@H]2[C@@H](N=NN2CC(=O)N2N=C3/C(=C\c4ccc(C)cc4)CCC[C@@H]3[C@@H]2c2ccc(C)cc2)C1=O. The molecule has 7 rings (SSSR count). The Hall–Kier alpha value is -5.12. The van der Waals surface area contributed by atoms with Crippen molar-refractivity contribution in [2.75, 3.05) is 18.6 Å². The van der Waals surface area contributed by atoms with E-state index in [0.29, 0.717) is 11.4 Å². The molecule has 10 heteroatoms. The van der Waals surface area contributed by atoms with E-state index in [1.807, 2.05) is 6.92 Å². The summed E-state index contributed by atoms with van der Waals surface area (Å²) in [4.78, 5) is 42.2. The van der Waals surface area contributed by atoms with Gasteiger partial charge in [-0.15, -0.1) is 0 Å². The lowest BCUT2D eigenvalue weighted by Crippen LogP contribution is -2.45. The highest BCUT2D eigenvalue weighted by atomic mass is 16.5. The average Bonchev–Trinajstić information content (AvgIpc) is 3.72. The summed E-state index contributed by atoms with van der Waals surface area (Å²) >= 11 is 0. The Kier molecular flexibility index (Phi) is 7.27. The van der Waals surface area contributed by atoms with Gasteiger partial charge in [-0.1, -0.05) is 77.0 Å². The summed E-state index contributed by atoms with van der Waals surface area (Å²) in [5, 5.41) is 16.2. The maximum absolute atomic E-state index is 14.2. The van der Waals surface area contributed by atoms with Crippen LogP contribution in [0.5, 0.6) is 5.75 Å². The third-order valence-electron chi connectivity index (χ3n) is 9.08. The predicted octanol–water partition coefficient (Wildman–Crippen LogP) is 5.43. The van der Waals surface area contributed by atoms with Gasteiger partial charge in [0.2, 0.25) is 0 Å². The fourth-order valence-corrected chi connectivity index (χ4v) is 6.78. The van der Waals surface area contributed by atoms with Gasteiger partial charge < -0.3 is 4.74 Å². The van der Waals surface area contributed by atoms with E-state index in [1.54, 1.807) is 29.3 Å². The van der Waals surface area contributed by atoms with E-state index in [9.17, 15) is 14.4 Å². The number of hydrazone groups is 1. The first-order valence-electron chi connectivity index (χ1n) is 15.3. The molecule has 3 amide bonds. The molecular weight excluding hydrogens is 568 g/mol. The maximum atomic E-state index is 14.2. The smallest absolute Gasteiger partial charge is 0.264 e. The summed E-state index contributed by atoms with van der Waals surface area (Å²) in [5.74, 6) is -0.876. The van der Waals surface area contributed by atoms with Crippen molar-refractivity contribution in [1.29, 1.82) is 0 Å². The van der Waals surface area contributed by atoms with Gasteiger partial charge in [0.15, 0.2) is 12.1 Å². The molecule has 45 heavy (non-hydrogen) atoms. The number of fused-ring (bicyclic) bond motifs is 2. The summed E-state index contributed by atoms with van der Waals surface area (Å²) in [7, 11) is 1.48. The summed E-state index contributed by atoms with van der Waals surface area (Å²) in [6.45, 7) is 3.86. The first-order chi connectivity index (χ1) is 21.8. The highest BCUT2D eigenvalue weighted by Gasteiger charge is 2.56. The van der Waals surface area contributed by atoms with E-state index in [2.05, 4.69) is 71.9 Å². The molecule has 10 nitrogen and oxygen atoms in total. The molecule has 2 fully saturated rings. The quantitative estimate of drug-likeness (QED) is 0.350. The number of benzene rings is 3. The molecule has 1 saturated heterocycles. The average molecular weight is 603 g/mol. The number of amides is 3. The largest absolute Gasteiger partial charge is 0.495 e. The Morgan fingerprint density at radius 3 is 2.38 bits per heavy atom. The molecule has 3 aromatic rings. The molecule has 4 atom stereocenters. The summed E-state index contributed by atoms with van der Waals surface area (Å²) in [5.41, 5.74) is 6.83. The van der Waals surface area contributed by atoms with Crippen LogP contribution in [0.15, 0.2) is 93.8 Å². The molecule has 0 radical (unpaired) electrons. The van der Waals surface area contributed by atoms with Gasteiger partial charge in [-0.05, 0) is 68.0 Å². The highest BCUT2D eigenvalue weighted by molar-refractivity contribution is 6.26. The summed E-state index contributed by atoms with van der Waals surface area (Å²) in [6, 6.07) is 21.1. The van der Waals surface area contributed by atoms with Gasteiger partial charge in [-0.25, -0.2) is 9.91 Å². The number of rotatable bonds is 6. The normalized spacial score (nSPS) is 24.7. The lowest BCUT2D eigenvalue weighted by molar-refractivity contribution is -0.136. The van der Waals surface area contributed by atoms with Crippen molar-refractivity contribution >= 4 is 35.2 Å². The Labute approximate surface area is 261 Å². The van der Waals surface area contributed by atoms with Crippen LogP contribution in [0.25, 0.3) is 6.08 Å². The van der Waals surface area contributed by atoms with E-state index in [1.165, 1.54) is 17.7 Å².